The summed E-state index contributed by atoms with van der Waals surface area (Å²) >= 11 is 0. The zero-order valence-electron chi connectivity index (χ0n) is 11.1. The maximum atomic E-state index is 13.5. The molecule has 3 atom stereocenters. The monoisotopic (exact) mass is 252 g/mol. The molecule has 0 spiro atoms. The number of carbonyl (C=O) groups is 1. The second-order valence-electron chi connectivity index (χ2n) is 4.66. The zero-order chi connectivity index (χ0) is 13.7. The van der Waals surface area contributed by atoms with E-state index in [-0.39, 0.29) is 23.7 Å². The summed E-state index contributed by atoms with van der Waals surface area (Å²) in [5, 5.41) is 2.75. The Bertz CT molecular complexity index is 409. The maximum absolute atomic E-state index is 13.5. The number of rotatable bonds is 5. The average Bonchev–Trinajstić information content (AvgIpc) is 2.37. The van der Waals surface area contributed by atoms with Gasteiger partial charge in [-0.05, 0) is 18.9 Å². The van der Waals surface area contributed by atoms with Crippen LogP contribution in [0.3, 0.4) is 0 Å². The van der Waals surface area contributed by atoms with Gasteiger partial charge in [-0.1, -0.05) is 38.5 Å². The van der Waals surface area contributed by atoms with Crippen LogP contribution in [-0.2, 0) is 4.79 Å². The van der Waals surface area contributed by atoms with Crippen molar-refractivity contribution in [2.45, 2.75) is 39.3 Å². The third-order valence-electron chi connectivity index (χ3n) is 3.29. The van der Waals surface area contributed by atoms with Crippen LogP contribution < -0.4 is 11.1 Å². The van der Waals surface area contributed by atoms with Gasteiger partial charge in [0.05, 0.1) is 12.1 Å². The van der Waals surface area contributed by atoms with E-state index in [2.05, 4.69) is 5.32 Å². The molecule has 1 aromatic rings. The molecule has 1 amide bonds. The Labute approximate surface area is 108 Å². The molecule has 0 saturated heterocycles. The topological polar surface area (TPSA) is 55.1 Å². The van der Waals surface area contributed by atoms with E-state index in [0.29, 0.717) is 5.56 Å². The Morgan fingerprint density at radius 1 is 1.39 bits per heavy atom. The van der Waals surface area contributed by atoms with E-state index >= 15 is 0 Å². The first-order chi connectivity index (χ1) is 8.47. The van der Waals surface area contributed by atoms with Crippen LogP contribution in [0.2, 0.25) is 0 Å². The van der Waals surface area contributed by atoms with Gasteiger partial charge < -0.3 is 11.1 Å². The summed E-state index contributed by atoms with van der Waals surface area (Å²) in [7, 11) is 0. The van der Waals surface area contributed by atoms with Crippen LogP contribution in [0, 0.1) is 11.7 Å². The van der Waals surface area contributed by atoms with Crippen LogP contribution in [0.25, 0.3) is 0 Å². The molecule has 0 radical (unpaired) electrons. The first-order valence-electron chi connectivity index (χ1n) is 6.27. The second kappa shape index (κ2) is 6.50. The van der Waals surface area contributed by atoms with Gasteiger partial charge in [0, 0.05) is 5.56 Å². The molecule has 0 aliphatic heterocycles. The number of halogens is 1. The summed E-state index contributed by atoms with van der Waals surface area (Å²) < 4.78 is 13.5. The Kier molecular flexibility index (Phi) is 5.28. The van der Waals surface area contributed by atoms with Crippen molar-refractivity contribution in [1.82, 2.24) is 5.32 Å². The summed E-state index contributed by atoms with van der Waals surface area (Å²) in [5.41, 5.74) is 6.30. The normalized spacial score (nSPS) is 15.8. The molecule has 0 heterocycles. The van der Waals surface area contributed by atoms with Gasteiger partial charge in [0.25, 0.3) is 0 Å². The molecule has 0 fully saturated rings. The molecule has 1 aromatic carbocycles. The zero-order valence-corrected chi connectivity index (χ0v) is 11.1. The first kappa shape index (κ1) is 14.6. The molecule has 2 unspecified atom stereocenters. The fraction of sp³-hybridized carbons (Fsp3) is 0.500. The minimum absolute atomic E-state index is 0.109. The number of nitrogens with two attached hydrogens (primary N) is 1. The second-order valence-corrected chi connectivity index (χ2v) is 4.66. The molecule has 18 heavy (non-hydrogen) atoms. The molecule has 0 aliphatic rings. The van der Waals surface area contributed by atoms with E-state index < -0.39 is 6.04 Å². The number of benzene rings is 1. The van der Waals surface area contributed by atoms with Crippen molar-refractivity contribution in [3.05, 3.63) is 35.6 Å². The van der Waals surface area contributed by atoms with Gasteiger partial charge in [-0.2, -0.15) is 0 Å². The predicted molar refractivity (Wildman–Crippen MR) is 70.4 cm³/mol. The lowest BCUT2D eigenvalue weighted by molar-refractivity contribution is -0.124. The van der Waals surface area contributed by atoms with E-state index in [1.54, 1.807) is 25.1 Å². The Hall–Kier alpha value is -1.42. The lowest BCUT2D eigenvalue weighted by atomic mass is 9.98. The average molecular weight is 252 g/mol. The van der Waals surface area contributed by atoms with Crippen LogP contribution in [0.5, 0.6) is 0 Å². The summed E-state index contributed by atoms with van der Waals surface area (Å²) in [6, 6.07) is 5.48. The number of amides is 1. The van der Waals surface area contributed by atoms with Crippen molar-refractivity contribution in [2.75, 3.05) is 0 Å². The number of hydrogen-bond acceptors (Lipinski definition) is 2. The molecule has 0 aromatic heterocycles. The predicted octanol–water partition coefficient (Wildman–Crippen LogP) is 2.38. The standard InChI is InChI=1S/C14H21FN2O/c1-4-9(2)13(16)14(18)17-10(3)11-7-5-6-8-12(11)15/h5-10,13H,4,16H2,1-3H3,(H,17,18)/t9?,10?,13-/m0/s1. The van der Waals surface area contributed by atoms with Gasteiger partial charge in [0.1, 0.15) is 5.82 Å². The van der Waals surface area contributed by atoms with Crippen molar-refractivity contribution < 1.29 is 9.18 Å². The molecule has 100 valence electrons. The van der Waals surface area contributed by atoms with E-state index in [9.17, 15) is 9.18 Å². The van der Waals surface area contributed by atoms with Crippen LogP contribution in [0.1, 0.15) is 38.8 Å². The minimum atomic E-state index is -0.552. The lowest BCUT2D eigenvalue weighted by Crippen LogP contribution is -2.45. The van der Waals surface area contributed by atoms with Gasteiger partial charge in [0.2, 0.25) is 5.91 Å². The molecule has 0 saturated carbocycles. The minimum Gasteiger partial charge on any atom is -0.348 e. The molecule has 1 rings (SSSR count). The Morgan fingerprint density at radius 3 is 2.56 bits per heavy atom. The van der Waals surface area contributed by atoms with Gasteiger partial charge in [-0.3, -0.25) is 4.79 Å². The molecular formula is C14H21FN2O. The number of nitrogens with one attached hydrogen (secondary N) is 1. The summed E-state index contributed by atoms with van der Waals surface area (Å²) in [6.45, 7) is 5.66. The Morgan fingerprint density at radius 2 is 2.00 bits per heavy atom. The highest BCUT2D eigenvalue weighted by atomic mass is 19.1. The summed E-state index contributed by atoms with van der Waals surface area (Å²) in [6.07, 6.45) is 0.836. The van der Waals surface area contributed by atoms with Crippen LogP contribution in [-0.4, -0.2) is 11.9 Å². The fourth-order valence-corrected chi connectivity index (χ4v) is 1.73. The highest BCUT2D eigenvalue weighted by molar-refractivity contribution is 5.82. The number of hydrogen-bond donors (Lipinski definition) is 2. The first-order valence-corrected chi connectivity index (χ1v) is 6.27. The largest absolute Gasteiger partial charge is 0.348 e. The molecule has 0 aliphatic carbocycles. The highest BCUT2D eigenvalue weighted by Gasteiger charge is 2.21. The quantitative estimate of drug-likeness (QED) is 0.845. The summed E-state index contributed by atoms with van der Waals surface area (Å²) in [4.78, 5) is 11.9. The lowest BCUT2D eigenvalue weighted by Gasteiger charge is -2.21. The van der Waals surface area contributed by atoms with Crippen LogP contribution in [0.4, 0.5) is 4.39 Å². The highest BCUT2D eigenvalue weighted by Crippen LogP contribution is 2.16. The van der Waals surface area contributed by atoms with E-state index in [1.807, 2.05) is 13.8 Å². The maximum Gasteiger partial charge on any atom is 0.237 e. The van der Waals surface area contributed by atoms with Crippen molar-refractivity contribution in [1.29, 1.82) is 0 Å². The van der Waals surface area contributed by atoms with E-state index in [0.717, 1.165) is 6.42 Å². The number of carbonyl (C=O) groups excluding carboxylic acids is 1. The van der Waals surface area contributed by atoms with Crippen LogP contribution >= 0.6 is 0 Å². The molecule has 4 heteroatoms. The van der Waals surface area contributed by atoms with Gasteiger partial charge in [-0.25, -0.2) is 4.39 Å². The van der Waals surface area contributed by atoms with Crippen molar-refractivity contribution in [2.24, 2.45) is 11.7 Å². The van der Waals surface area contributed by atoms with Crippen molar-refractivity contribution in [3.8, 4) is 0 Å². The van der Waals surface area contributed by atoms with Gasteiger partial charge >= 0.3 is 0 Å². The van der Waals surface area contributed by atoms with E-state index in [4.69, 9.17) is 5.73 Å². The van der Waals surface area contributed by atoms with Gasteiger partial charge in [0.15, 0.2) is 0 Å². The third-order valence-corrected chi connectivity index (χ3v) is 3.29. The SMILES string of the molecule is CCC(C)[C@H](N)C(=O)NC(C)c1ccccc1F. The van der Waals surface area contributed by atoms with Crippen molar-refractivity contribution in [3.63, 3.8) is 0 Å². The van der Waals surface area contributed by atoms with Crippen LogP contribution in [0.15, 0.2) is 24.3 Å². The van der Waals surface area contributed by atoms with Gasteiger partial charge in [-0.15, -0.1) is 0 Å². The summed E-state index contributed by atoms with van der Waals surface area (Å²) in [5.74, 6) is -0.444. The molecule has 3 nitrogen and oxygen atoms in total. The molecule has 3 N–H and O–H groups in total. The van der Waals surface area contributed by atoms with E-state index in [1.165, 1.54) is 6.07 Å². The fourth-order valence-electron chi connectivity index (χ4n) is 1.73. The molecular weight excluding hydrogens is 231 g/mol. The Balaban J connectivity index is 2.68. The molecule has 0 bridgehead atoms. The smallest absolute Gasteiger partial charge is 0.237 e. The third kappa shape index (κ3) is 3.53. The van der Waals surface area contributed by atoms with Crippen molar-refractivity contribution >= 4 is 5.91 Å².